The molecule has 0 bridgehead atoms. The zero-order valence-corrected chi connectivity index (χ0v) is 11.5. The smallest absolute Gasteiger partial charge is 0.168 e. The summed E-state index contributed by atoms with van der Waals surface area (Å²) >= 11 is 9.30. The third-order valence-corrected chi connectivity index (χ3v) is 3.23. The van der Waals surface area contributed by atoms with Crippen molar-refractivity contribution < 1.29 is 4.74 Å². The Morgan fingerprint density at radius 3 is 2.67 bits per heavy atom. The molecule has 0 amide bonds. The first-order valence-electron chi connectivity index (χ1n) is 5.03. The van der Waals surface area contributed by atoms with Crippen molar-refractivity contribution in [3.8, 4) is 17.6 Å². The van der Waals surface area contributed by atoms with Crippen LogP contribution >= 0.6 is 27.5 Å². The van der Waals surface area contributed by atoms with Gasteiger partial charge < -0.3 is 10.5 Å². The normalized spacial score (nSPS) is 9.83. The Bertz CT molecular complexity index is 617. The molecule has 0 saturated carbocycles. The molecule has 0 radical (unpaired) electrons. The molecule has 0 aliphatic heterocycles. The number of halogens is 2. The summed E-state index contributed by atoms with van der Waals surface area (Å²) < 4.78 is 6.28. The molecule has 18 heavy (non-hydrogen) atoms. The lowest BCUT2D eigenvalue weighted by Crippen LogP contribution is -1.93. The predicted molar refractivity (Wildman–Crippen MR) is 74.8 cm³/mol. The van der Waals surface area contributed by atoms with Crippen LogP contribution in [0, 0.1) is 11.3 Å². The molecule has 2 aromatic rings. The van der Waals surface area contributed by atoms with E-state index in [1.165, 1.54) is 0 Å². The Balaban J connectivity index is 2.35. The molecular formula is C13H8BrClN2O. The van der Waals surface area contributed by atoms with Gasteiger partial charge in [-0.2, -0.15) is 5.26 Å². The zero-order valence-electron chi connectivity index (χ0n) is 9.15. The quantitative estimate of drug-likeness (QED) is 0.836. The zero-order chi connectivity index (χ0) is 13.1. The van der Waals surface area contributed by atoms with Crippen LogP contribution in [0.2, 0.25) is 5.02 Å². The average Bonchev–Trinajstić information content (AvgIpc) is 2.34. The molecular weight excluding hydrogens is 316 g/mol. The molecule has 3 nitrogen and oxygen atoms in total. The summed E-state index contributed by atoms with van der Waals surface area (Å²) in [6.07, 6.45) is 0. The summed E-state index contributed by atoms with van der Waals surface area (Å²) in [5, 5.41) is 9.27. The molecule has 2 rings (SSSR count). The first kappa shape index (κ1) is 12.7. The number of nitrogen functional groups attached to an aromatic ring is 1. The lowest BCUT2D eigenvalue weighted by molar-refractivity contribution is 0.485. The van der Waals surface area contributed by atoms with Crippen LogP contribution in [0.5, 0.6) is 11.5 Å². The Morgan fingerprint density at radius 1 is 1.28 bits per heavy atom. The Hall–Kier alpha value is -1.70. The van der Waals surface area contributed by atoms with E-state index in [2.05, 4.69) is 22.0 Å². The van der Waals surface area contributed by atoms with Crippen LogP contribution in [0.25, 0.3) is 0 Å². The van der Waals surface area contributed by atoms with Gasteiger partial charge in [0.2, 0.25) is 0 Å². The van der Waals surface area contributed by atoms with Gasteiger partial charge in [-0.1, -0.05) is 17.7 Å². The third-order valence-electron chi connectivity index (χ3n) is 2.28. The molecule has 5 heteroatoms. The van der Waals surface area contributed by atoms with Gasteiger partial charge in [0.1, 0.15) is 11.8 Å². The average molecular weight is 324 g/mol. The molecule has 90 valence electrons. The summed E-state index contributed by atoms with van der Waals surface area (Å²) in [6, 6.07) is 12.3. The monoisotopic (exact) mass is 322 g/mol. The van der Waals surface area contributed by atoms with E-state index in [9.17, 15) is 0 Å². The van der Waals surface area contributed by atoms with Gasteiger partial charge in [-0.3, -0.25) is 0 Å². The van der Waals surface area contributed by atoms with Crippen LogP contribution in [0.1, 0.15) is 5.56 Å². The van der Waals surface area contributed by atoms with Crippen LogP contribution < -0.4 is 10.5 Å². The van der Waals surface area contributed by atoms with Gasteiger partial charge in [0, 0.05) is 4.47 Å². The van der Waals surface area contributed by atoms with E-state index < -0.39 is 0 Å². The van der Waals surface area contributed by atoms with E-state index in [-0.39, 0.29) is 0 Å². The largest absolute Gasteiger partial charge is 0.454 e. The van der Waals surface area contributed by atoms with Crippen LogP contribution in [-0.4, -0.2) is 0 Å². The molecule has 0 unspecified atom stereocenters. The summed E-state index contributed by atoms with van der Waals surface area (Å²) in [5.74, 6) is 0.969. The van der Waals surface area contributed by atoms with Gasteiger partial charge in [-0.05, 0) is 46.3 Å². The number of nitriles is 1. The fourth-order valence-electron chi connectivity index (χ4n) is 1.40. The minimum atomic E-state index is 0.413. The maximum Gasteiger partial charge on any atom is 0.168 e. The third kappa shape index (κ3) is 2.58. The molecule has 2 aromatic carbocycles. The van der Waals surface area contributed by atoms with Crippen LogP contribution in [0.3, 0.4) is 0 Å². The number of nitrogens with two attached hydrogens (primary N) is 1. The molecule has 2 N–H and O–H groups in total. The predicted octanol–water partition coefficient (Wildman–Crippen LogP) is 4.35. The number of anilines is 1. The second-order valence-electron chi connectivity index (χ2n) is 3.51. The standard InChI is InChI=1S/C13H8BrClN2O/c14-10-6-9(5-4-8(10)7-16)18-13-11(15)2-1-3-12(13)17/h1-6H,17H2. The molecule has 0 aromatic heterocycles. The summed E-state index contributed by atoms with van der Waals surface area (Å²) in [4.78, 5) is 0. The van der Waals surface area contributed by atoms with Crippen molar-refractivity contribution in [3.05, 3.63) is 51.5 Å². The van der Waals surface area contributed by atoms with E-state index in [4.69, 9.17) is 27.3 Å². The van der Waals surface area contributed by atoms with Gasteiger partial charge in [-0.15, -0.1) is 0 Å². The molecule has 0 fully saturated rings. The van der Waals surface area contributed by atoms with Crippen molar-refractivity contribution in [2.24, 2.45) is 0 Å². The Morgan fingerprint density at radius 2 is 2.06 bits per heavy atom. The highest BCUT2D eigenvalue weighted by Crippen LogP contribution is 2.35. The Kier molecular flexibility index (Phi) is 3.75. The van der Waals surface area contributed by atoms with Crippen molar-refractivity contribution >= 4 is 33.2 Å². The SMILES string of the molecule is N#Cc1ccc(Oc2c(N)cccc2Cl)cc1Br. The fraction of sp³-hybridized carbons (Fsp3) is 0. The number of para-hydroxylation sites is 1. The van der Waals surface area contributed by atoms with Crippen molar-refractivity contribution in [3.63, 3.8) is 0 Å². The van der Waals surface area contributed by atoms with Crippen LogP contribution in [-0.2, 0) is 0 Å². The minimum Gasteiger partial charge on any atom is -0.454 e. The molecule has 0 aliphatic carbocycles. The number of hydrogen-bond donors (Lipinski definition) is 1. The second kappa shape index (κ2) is 5.30. The van der Waals surface area contributed by atoms with Crippen molar-refractivity contribution in [2.45, 2.75) is 0 Å². The topological polar surface area (TPSA) is 59.0 Å². The first-order chi connectivity index (χ1) is 8.61. The summed E-state index contributed by atoms with van der Waals surface area (Å²) in [5.41, 5.74) is 6.79. The number of rotatable bonds is 2. The van der Waals surface area contributed by atoms with Gasteiger partial charge in [0.25, 0.3) is 0 Å². The van der Waals surface area contributed by atoms with E-state index in [1.54, 1.807) is 36.4 Å². The maximum atomic E-state index is 8.83. The van der Waals surface area contributed by atoms with E-state index >= 15 is 0 Å². The van der Waals surface area contributed by atoms with Gasteiger partial charge in [0.05, 0.1) is 16.3 Å². The molecule has 0 spiro atoms. The fourth-order valence-corrected chi connectivity index (χ4v) is 2.07. The van der Waals surface area contributed by atoms with E-state index in [0.717, 1.165) is 0 Å². The molecule has 0 aliphatic rings. The van der Waals surface area contributed by atoms with Crippen molar-refractivity contribution in [1.82, 2.24) is 0 Å². The van der Waals surface area contributed by atoms with Crippen LogP contribution in [0.4, 0.5) is 5.69 Å². The highest BCUT2D eigenvalue weighted by atomic mass is 79.9. The number of ether oxygens (including phenoxy) is 1. The molecule has 0 heterocycles. The lowest BCUT2D eigenvalue weighted by atomic mass is 10.2. The molecule has 0 atom stereocenters. The number of benzene rings is 2. The second-order valence-corrected chi connectivity index (χ2v) is 4.78. The van der Waals surface area contributed by atoms with Gasteiger partial charge >= 0.3 is 0 Å². The van der Waals surface area contributed by atoms with E-state index in [1.807, 2.05) is 0 Å². The number of nitrogens with zero attached hydrogens (tertiary/aromatic N) is 1. The minimum absolute atomic E-state index is 0.413. The first-order valence-corrected chi connectivity index (χ1v) is 6.20. The van der Waals surface area contributed by atoms with E-state index in [0.29, 0.717) is 32.2 Å². The van der Waals surface area contributed by atoms with Crippen LogP contribution in [0.15, 0.2) is 40.9 Å². The summed E-state index contributed by atoms with van der Waals surface area (Å²) in [7, 11) is 0. The van der Waals surface area contributed by atoms with Crippen molar-refractivity contribution in [1.29, 1.82) is 5.26 Å². The summed E-state index contributed by atoms with van der Waals surface area (Å²) in [6.45, 7) is 0. The van der Waals surface area contributed by atoms with Gasteiger partial charge in [-0.25, -0.2) is 0 Å². The van der Waals surface area contributed by atoms with Crippen molar-refractivity contribution in [2.75, 3.05) is 5.73 Å². The maximum absolute atomic E-state index is 8.83. The highest BCUT2D eigenvalue weighted by Gasteiger charge is 2.08. The molecule has 0 saturated heterocycles. The van der Waals surface area contributed by atoms with Gasteiger partial charge in [0.15, 0.2) is 5.75 Å². The highest BCUT2D eigenvalue weighted by molar-refractivity contribution is 9.10. The number of hydrogen-bond acceptors (Lipinski definition) is 3. The Labute approximate surface area is 118 Å². The lowest BCUT2D eigenvalue weighted by Gasteiger charge is -2.10.